The summed E-state index contributed by atoms with van der Waals surface area (Å²) in [5.74, 6) is -1.29. The lowest BCUT2D eigenvalue weighted by Gasteiger charge is -2.22. The highest BCUT2D eigenvalue weighted by Crippen LogP contribution is 2.14. The number of carbonyl (C=O) groups is 3. The number of Topliss-reactive ketones (excluding diaryl/α,β-unsaturated/α-hetero) is 1. The third kappa shape index (κ3) is 6.58. The first-order valence-corrected chi connectivity index (χ1v) is 7.38. The van der Waals surface area contributed by atoms with Gasteiger partial charge in [0.15, 0.2) is 5.78 Å². The topological polar surface area (TPSA) is 125 Å². The second-order valence-electron chi connectivity index (χ2n) is 6.15. The molecule has 0 heterocycles. The molecule has 0 aromatic heterocycles. The second-order valence-corrected chi connectivity index (χ2v) is 6.15. The Hall–Kier alpha value is -2.97. The molecule has 9 nitrogen and oxygen atoms in total. The van der Waals surface area contributed by atoms with Gasteiger partial charge in [-0.1, -0.05) is 0 Å². The number of carbonyl (C=O) groups excluding carboxylic acids is 3. The number of methoxy groups -OCH3 is 1. The smallest absolute Gasteiger partial charge is 0.408 e. The highest BCUT2D eigenvalue weighted by atomic mass is 16.6. The third-order valence-electron chi connectivity index (χ3n) is 2.97. The van der Waals surface area contributed by atoms with E-state index in [9.17, 15) is 24.5 Å². The van der Waals surface area contributed by atoms with Gasteiger partial charge in [-0.25, -0.2) is 9.59 Å². The molecule has 0 unspecified atom stereocenters. The normalized spacial score (nSPS) is 12.0. The number of ether oxygens (including phenoxy) is 2. The Morgan fingerprint density at radius 1 is 1.20 bits per heavy atom. The summed E-state index contributed by atoms with van der Waals surface area (Å²) in [6.07, 6.45) is -1.23. The van der Waals surface area contributed by atoms with Crippen molar-refractivity contribution >= 4 is 23.5 Å². The van der Waals surface area contributed by atoms with E-state index in [1.54, 1.807) is 20.8 Å². The summed E-state index contributed by atoms with van der Waals surface area (Å²) in [4.78, 5) is 45.9. The number of nitro groups is 1. The molecule has 9 heteroatoms. The fourth-order valence-electron chi connectivity index (χ4n) is 1.86. The third-order valence-corrected chi connectivity index (χ3v) is 2.97. The van der Waals surface area contributed by atoms with Crippen molar-refractivity contribution in [2.24, 2.45) is 0 Å². The fourth-order valence-corrected chi connectivity index (χ4v) is 1.86. The summed E-state index contributed by atoms with van der Waals surface area (Å²) in [5, 5.41) is 12.9. The molecule has 136 valence electrons. The molecular formula is C16H20N2O7. The van der Waals surface area contributed by atoms with Crippen LogP contribution >= 0.6 is 0 Å². The second kappa shape index (κ2) is 8.22. The van der Waals surface area contributed by atoms with Crippen LogP contribution in [0.3, 0.4) is 0 Å². The predicted molar refractivity (Wildman–Crippen MR) is 87.2 cm³/mol. The van der Waals surface area contributed by atoms with E-state index >= 15 is 0 Å². The summed E-state index contributed by atoms with van der Waals surface area (Å²) < 4.78 is 9.63. The zero-order valence-electron chi connectivity index (χ0n) is 14.4. The summed E-state index contributed by atoms with van der Waals surface area (Å²) in [7, 11) is 1.13. The molecule has 1 aromatic rings. The number of alkyl carbamates (subject to hydrolysis) is 1. The van der Waals surface area contributed by atoms with Crippen LogP contribution in [0.1, 0.15) is 37.6 Å². The van der Waals surface area contributed by atoms with Gasteiger partial charge in [-0.2, -0.15) is 0 Å². The molecule has 0 aliphatic heterocycles. The summed E-state index contributed by atoms with van der Waals surface area (Å²) >= 11 is 0. The molecule has 0 bridgehead atoms. The van der Waals surface area contributed by atoms with Gasteiger partial charge >= 0.3 is 12.1 Å². The van der Waals surface area contributed by atoms with Gasteiger partial charge < -0.3 is 14.8 Å². The van der Waals surface area contributed by atoms with Crippen molar-refractivity contribution in [3.8, 4) is 0 Å². The van der Waals surface area contributed by atoms with Crippen LogP contribution in [0, 0.1) is 10.1 Å². The SMILES string of the molecule is COC(=O)[C@@H](CC(=O)c1ccc([N+](=O)[O-])cc1)NC(=O)OC(C)(C)C. The van der Waals surface area contributed by atoms with E-state index in [0.717, 1.165) is 7.11 Å². The monoisotopic (exact) mass is 352 g/mol. The van der Waals surface area contributed by atoms with Crippen LogP contribution in [0.25, 0.3) is 0 Å². The first kappa shape index (κ1) is 20.1. The standard InChI is InChI=1S/C16H20N2O7/c1-16(2,3)25-15(21)17-12(14(20)24-4)9-13(19)10-5-7-11(8-6-10)18(22)23/h5-8,12H,9H2,1-4H3,(H,17,21)/t12-/m1/s1. The number of nitrogens with one attached hydrogen (secondary N) is 1. The van der Waals surface area contributed by atoms with Gasteiger partial charge in [0.25, 0.3) is 5.69 Å². The van der Waals surface area contributed by atoms with Gasteiger partial charge in [0.2, 0.25) is 0 Å². The van der Waals surface area contributed by atoms with E-state index in [0.29, 0.717) is 0 Å². The molecule has 1 aromatic carbocycles. The quantitative estimate of drug-likeness (QED) is 0.360. The van der Waals surface area contributed by atoms with Crippen LogP contribution in [0.4, 0.5) is 10.5 Å². The Balaban J connectivity index is 2.83. The minimum atomic E-state index is -1.23. The van der Waals surface area contributed by atoms with Crippen LogP contribution in [-0.2, 0) is 14.3 Å². The van der Waals surface area contributed by atoms with E-state index in [-0.39, 0.29) is 17.7 Å². The summed E-state index contributed by atoms with van der Waals surface area (Å²) in [6, 6.07) is 3.69. The Bertz CT molecular complexity index is 662. The van der Waals surface area contributed by atoms with Crippen LogP contribution < -0.4 is 5.32 Å². The number of esters is 1. The van der Waals surface area contributed by atoms with Crippen molar-refractivity contribution in [1.29, 1.82) is 0 Å². The van der Waals surface area contributed by atoms with Crippen LogP contribution in [0.2, 0.25) is 0 Å². The lowest BCUT2D eigenvalue weighted by molar-refractivity contribution is -0.384. The number of ketones is 1. The Labute approximate surface area is 144 Å². The van der Waals surface area contributed by atoms with E-state index in [1.807, 2.05) is 0 Å². The zero-order chi connectivity index (χ0) is 19.2. The maximum Gasteiger partial charge on any atom is 0.408 e. The predicted octanol–water partition coefficient (Wildman–Crippen LogP) is 2.23. The minimum absolute atomic E-state index is 0.159. The van der Waals surface area contributed by atoms with Crippen molar-refractivity contribution in [2.75, 3.05) is 7.11 Å². The first-order chi connectivity index (χ1) is 11.5. The lowest BCUT2D eigenvalue weighted by atomic mass is 10.0. The molecule has 0 aliphatic rings. The highest BCUT2D eigenvalue weighted by Gasteiger charge is 2.27. The molecule has 0 radical (unpaired) electrons. The summed E-state index contributed by atoms with van der Waals surface area (Å²) in [6.45, 7) is 4.96. The average molecular weight is 352 g/mol. The molecule has 0 spiro atoms. The number of hydrogen-bond donors (Lipinski definition) is 1. The molecule has 1 atom stereocenters. The molecule has 1 amide bonds. The Kier molecular flexibility index (Phi) is 6.60. The number of rotatable bonds is 6. The lowest BCUT2D eigenvalue weighted by Crippen LogP contribution is -2.45. The highest BCUT2D eigenvalue weighted by molar-refractivity contribution is 5.99. The van der Waals surface area contributed by atoms with E-state index in [1.165, 1.54) is 24.3 Å². The number of nitro benzene ring substituents is 1. The minimum Gasteiger partial charge on any atom is -0.467 e. The van der Waals surface area contributed by atoms with Gasteiger partial charge in [0.05, 0.1) is 12.0 Å². The largest absolute Gasteiger partial charge is 0.467 e. The van der Waals surface area contributed by atoms with Crippen molar-refractivity contribution in [2.45, 2.75) is 38.8 Å². The first-order valence-electron chi connectivity index (χ1n) is 7.38. The zero-order valence-corrected chi connectivity index (χ0v) is 14.4. The molecule has 25 heavy (non-hydrogen) atoms. The number of amides is 1. The van der Waals surface area contributed by atoms with Gasteiger partial charge in [-0.05, 0) is 32.9 Å². The summed E-state index contributed by atoms with van der Waals surface area (Å²) in [5.41, 5.74) is -0.758. The maximum absolute atomic E-state index is 12.3. The van der Waals surface area contributed by atoms with Crippen molar-refractivity contribution in [1.82, 2.24) is 5.32 Å². The van der Waals surface area contributed by atoms with Gasteiger partial charge in [0, 0.05) is 24.1 Å². The van der Waals surface area contributed by atoms with Crippen LogP contribution in [0.5, 0.6) is 0 Å². The number of benzene rings is 1. The van der Waals surface area contributed by atoms with Crippen molar-refractivity contribution in [3.05, 3.63) is 39.9 Å². The molecule has 1 N–H and O–H groups in total. The average Bonchev–Trinajstić information content (AvgIpc) is 2.51. The Morgan fingerprint density at radius 2 is 1.76 bits per heavy atom. The van der Waals surface area contributed by atoms with Crippen LogP contribution in [-0.4, -0.2) is 41.5 Å². The maximum atomic E-state index is 12.3. The number of non-ortho nitro benzene ring substituents is 1. The van der Waals surface area contributed by atoms with E-state index in [2.05, 4.69) is 10.1 Å². The van der Waals surface area contributed by atoms with E-state index < -0.39 is 34.4 Å². The van der Waals surface area contributed by atoms with E-state index in [4.69, 9.17) is 4.74 Å². The fraction of sp³-hybridized carbons (Fsp3) is 0.438. The van der Waals surface area contributed by atoms with Crippen molar-refractivity contribution in [3.63, 3.8) is 0 Å². The molecule has 0 saturated heterocycles. The Morgan fingerprint density at radius 3 is 2.20 bits per heavy atom. The van der Waals surface area contributed by atoms with Crippen LogP contribution in [0.15, 0.2) is 24.3 Å². The van der Waals surface area contributed by atoms with Gasteiger partial charge in [0.1, 0.15) is 11.6 Å². The van der Waals surface area contributed by atoms with Gasteiger partial charge in [-0.3, -0.25) is 14.9 Å². The molecule has 0 aliphatic carbocycles. The number of hydrogen-bond acceptors (Lipinski definition) is 7. The van der Waals surface area contributed by atoms with Crippen molar-refractivity contribution < 1.29 is 28.8 Å². The molecule has 0 saturated carbocycles. The molecule has 1 rings (SSSR count). The molecular weight excluding hydrogens is 332 g/mol. The van der Waals surface area contributed by atoms with Gasteiger partial charge in [-0.15, -0.1) is 0 Å². The molecule has 0 fully saturated rings. The number of nitrogens with zero attached hydrogens (tertiary/aromatic N) is 1.